The number of nitrogens with zero attached hydrogens (tertiary/aromatic N) is 2. The Morgan fingerprint density at radius 2 is 2.09 bits per heavy atom. The maximum Gasteiger partial charge on any atom is 0.257 e. The lowest BCUT2D eigenvalue weighted by Gasteiger charge is -2.28. The van der Waals surface area contributed by atoms with Gasteiger partial charge in [-0.05, 0) is 25.5 Å². The lowest BCUT2D eigenvalue weighted by Crippen LogP contribution is -2.43. The summed E-state index contributed by atoms with van der Waals surface area (Å²) in [4.78, 5) is 26.0. The largest absolute Gasteiger partial charge is 0.363 e. The molecule has 0 saturated heterocycles. The van der Waals surface area contributed by atoms with E-state index in [1.807, 2.05) is 13.8 Å². The normalized spacial score (nSPS) is 11.8. The molecule has 6 nitrogen and oxygen atoms in total. The van der Waals surface area contributed by atoms with Gasteiger partial charge in [0.25, 0.3) is 5.91 Å². The van der Waals surface area contributed by atoms with E-state index >= 15 is 0 Å². The van der Waals surface area contributed by atoms with Crippen LogP contribution in [0.2, 0.25) is 0 Å². The van der Waals surface area contributed by atoms with Crippen LogP contribution in [-0.2, 0) is 4.79 Å². The number of carbonyl (C=O) groups excluding carboxylic acids is 2. The van der Waals surface area contributed by atoms with Crippen molar-refractivity contribution in [3.8, 4) is 0 Å². The zero-order valence-corrected chi connectivity index (χ0v) is 13.0. The van der Waals surface area contributed by atoms with Crippen molar-refractivity contribution in [2.24, 2.45) is 0 Å². The van der Waals surface area contributed by atoms with E-state index in [2.05, 4.69) is 15.0 Å². The predicted octanol–water partition coefficient (Wildman–Crippen LogP) is 2.69. The molecule has 0 aliphatic heterocycles. The number of carbonyl (C=O) groups is 2. The van der Waals surface area contributed by atoms with E-state index in [0.717, 1.165) is 0 Å². The van der Waals surface area contributed by atoms with Gasteiger partial charge >= 0.3 is 0 Å². The van der Waals surface area contributed by atoms with Crippen molar-refractivity contribution in [1.82, 2.24) is 10.1 Å². The number of halogens is 1. The Morgan fingerprint density at radius 1 is 1.35 bits per heavy atom. The van der Waals surface area contributed by atoms with Crippen LogP contribution in [-0.4, -0.2) is 34.5 Å². The molecule has 0 saturated carbocycles. The van der Waals surface area contributed by atoms with Crippen LogP contribution in [0.1, 0.15) is 30.6 Å². The average Bonchev–Trinajstić information content (AvgIpc) is 3.04. The highest BCUT2D eigenvalue weighted by Gasteiger charge is 2.25. The van der Waals surface area contributed by atoms with Gasteiger partial charge in [0.05, 0.1) is 5.56 Å². The van der Waals surface area contributed by atoms with Crippen LogP contribution in [0.25, 0.3) is 0 Å². The molecule has 0 spiro atoms. The molecule has 0 bridgehead atoms. The van der Waals surface area contributed by atoms with E-state index < -0.39 is 17.6 Å². The summed E-state index contributed by atoms with van der Waals surface area (Å²) in [5, 5.41) is 6.10. The molecule has 122 valence electrons. The van der Waals surface area contributed by atoms with E-state index in [4.69, 9.17) is 0 Å². The van der Waals surface area contributed by atoms with Crippen LogP contribution in [0.3, 0.4) is 0 Å². The Bertz CT molecular complexity index is 673. The van der Waals surface area contributed by atoms with E-state index in [9.17, 15) is 14.0 Å². The quantitative estimate of drug-likeness (QED) is 0.888. The van der Waals surface area contributed by atoms with Crippen molar-refractivity contribution in [3.63, 3.8) is 0 Å². The molecule has 1 N–H and O–H groups in total. The molecule has 1 aromatic heterocycles. The third-order valence-corrected chi connectivity index (χ3v) is 3.51. The smallest absolute Gasteiger partial charge is 0.257 e. The van der Waals surface area contributed by atoms with Crippen molar-refractivity contribution in [2.75, 3.05) is 11.9 Å². The number of anilines is 1. The third kappa shape index (κ3) is 4.15. The van der Waals surface area contributed by atoms with E-state index in [1.165, 1.54) is 35.4 Å². The fourth-order valence-corrected chi connectivity index (χ4v) is 2.05. The second-order valence-corrected chi connectivity index (χ2v) is 5.10. The number of hydrogen-bond acceptors (Lipinski definition) is 4. The number of hydrogen-bond donors (Lipinski definition) is 1. The minimum absolute atomic E-state index is 0.0537. The summed E-state index contributed by atoms with van der Waals surface area (Å²) >= 11 is 0. The van der Waals surface area contributed by atoms with Crippen LogP contribution in [0.4, 0.5) is 10.2 Å². The summed E-state index contributed by atoms with van der Waals surface area (Å²) in [6.07, 6.45) is 1.96. The molecule has 0 fully saturated rings. The molecule has 0 aliphatic carbocycles. The maximum absolute atomic E-state index is 13.8. The predicted molar refractivity (Wildman–Crippen MR) is 82.3 cm³/mol. The summed E-state index contributed by atoms with van der Waals surface area (Å²) in [7, 11) is 0. The molecule has 1 aromatic carbocycles. The Kier molecular flexibility index (Phi) is 5.46. The van der Waals surface area contributed by atoms with Crippen LogP contribution >= 0.6 is 0 Å². The summed E-state index contributed by atoms with van der Waals surface area (Å²) in [6.45, 7) is 3.50. The van der Waals surface area contributed by atoms with Crippen molar-refractivity contribution in [3.05, 3.63) is 48.0 Å². The summed E-state index contributed by atoms with van der Waals surface area (Å²) in [5.74, 6) is -1.29. The zero-order valence-electron chi connectivity index (χ0n) is 13.0. The van der Waals surface area contributed by atoms with Gasteiger partial charge < -0.3 is 14.7 Å². The van der Waals surface area contributed by atoms with Crippen molar-refractivity contribution in [1.29, 1.82) is 0 Å². The molecule has 7 heteroatoms. The van der Waals surface area contributed by atoms with Crippen molar-refractivity contribution < 1.29 is 18.5 Å². The fourth-order valence-electron chi connectivity index (χ4n) is 2.05. The first kappa shape index (κ1) is 16.7. The van der Waals surface area contributed by atoms with Crippen molar-refractivity contribution >= 4 is 17.6 Å². The Hall–Kier alpha value is -2.70. The first-order valence-electron chi connectivity index (χ1n) is 7.28. The van der Waals surface area contributed by atoms with Gasteiger partial charge in [0.2, 0.25) is 5.91 Å². The maximum atomic E-state index is 13.8. The highest BCUT2D eigenvalue weighted by molar-refractivity contribution is 5.99. The monoisotopic (exact) mass is 319 g/mol. The lowest BCUT2D eigenvalue weighted by atomic mass is 10.1. The lowest BCUT2D eigenvalue weighted by molar-refractivity contribution is -0.117. The van der Waals surface area contributed by atoms with Gasteiger partial charge in [-0.2, -0.15) is 0 Å². The molecular formula is C16H18FN3O3. The number of nitrogens with one attached hydrogen (secondary N) is 1. The van der Waals surface area contributed by atoms with Gasteiger partial charge in [0.1, 0.15) is 18.6 Å². The van der Waals surface area contributed by atoms with Gasteiger partial charge in [-0.25, -0.2) is 4.39 Å². The Labute approximate surface area is 133 Å². The molecule has 0 radical (unpaired) electrons. The molecular weight excluding hydrogens is 301 g/mol. The molecule has 2 rings (SSSR count). The van der Waals surface area contributed by atoms with E-state index in [0.29, 0.717) is 6.42 Å². The Morgan fingerprint density at radius 3 is 2.70 bits per heavy atom. The van der Waals surface area contributed by atoms with Gasteiger partial charge in [-0.3, -0.25) is 9.59 Å². The van der Waals surface area contributed by atoms with Crippen LogP contribution in [0, 0.1) is 5.82 Å². The number of amides is 2. The highest BCUT2D eigenvalue weighted by Crippen LogP contribution is 2.14. The standard InChI is InChI=1S/C16H18FN3O3/c1-3-11(2)20(10-15(21)18-14-8-9-23-19-14)16(22)12-6-4-5-7-13(12)17/h4-9,11H,3,10H2,1-2H3,(H,18,19,21)/t11-/m0/s1. The van der Waals surface area contributed by atoms with Gasteiger partial charge in [0.15, 0.2) is 5.82 Å². The highest BCUT2D eigenvalue weighted by atomic mass is 19.1. The average molecular weight is 319 g/mol. The number of rotatable bonds is 6. The Balaban J connectivity index is 2.15. The molecule has 0 unspecified atom stereocenters. The zero-order chi connectivity index (χ0) is 16.8. The molecule has 23 heavy (non-hydrogen) atoms. The van der Waals surface area contributed by atoms with Gasteiger partial charge in [0, 0.05) is 12.1 Å². The third-order valence-electron chi connectivity index (χ3n) is 3.51. The van der Waals surface area contributed by atoms with Gasteiger partial charge in [-0.1, -0.05) is 24.2 Å². The topological polar surface area (TPSA) is 75.4 Å². The minimum atomic E-state index is -0.609. The first-order valence-corrected chi connectivity index (χ1v) is 7.28. The van der Waals surface area contributed by atoms with Crippen LogP contribution in [0.15, 0.2) is 41.1 Å². The van der Waals surface area contributed by atoms with Crippen molar-refractivity contribution in [2.45, 2.75) is 26.3 Å². The second-order valence-electron chi connectivity index (χ2n) is 5.10. The molecule has 1 atom stereocenters. The molecule has 2 aromatic rings. The second kappa shape index (κ2) is 7.53. The van der Waals surface area contributed by atoms with Crippen LogP contribution < -0.4 is 5.32 Å². The number of aromatic nitrogens is 1. The van der Waals surface area contributed by atoms with E-state index in [-0.39, 0.29) is 24.0 Å². The van der Waals surface area contributed by atoms with Gasteiger partial charge in [-0.15, -0.1) is 0 Å². The summed E-state index contributed by atoms with van der Waals surface area (Å²) in [5.41, 5.74) is -0.0537. The first-order chi connectivity index (χ1) is 11.0. The summed E-state index contributed by atoms with van der Waals surface area (Å²) < 4.78 is 18.5. The minimum Gasteiger partial charge on any atom is -0.363 e. The molecule has 2 amide bonds. The fraction of sp³-hybridized carbons (Fsp3) is 0.312. The SMILES string of the molecule is CC[C@H](C)N(CC(=O)Nc1ccon1)C(=O)c1ccccc1F. The summed E-state index contributed by atoms with van der Waals surface area (Å²) in [6, 6.07) is 6.99. The molecule has 0 aliphatic rings. The van der Waals surface area contributed by atoms with Crippen LogP contribution in [0.5, 0.6) is 0 Å². The molecule has 1 heterocycles. The van der Waals surface area contributed by atoms with E-state index in [1.54, 1.807) is 6.07 Å². The number of benzene rings is 1.